The molecule has 1 rings (SSSR count). The average Bonchev–Trinajstić information content (AvgIpc) is 2.01. The van der Waals surface area contributed by atoms with E-state index >= 15 is 0 Å². The highest BCUT2D eigenvalue weighted by molar-refractivity contribution is 5.85. The lowest BCUT2D eigenvalue weighted by Gasteiger charge is -2.07. The molecule has 5 heteroatoms. The van der Waals surface area contributed by atoms with Crippen LogP contribution in [-0.4, -0.2) is 22.2 Å². The van der Waals surface area contributed by atoms with Crippen molar-refractivity contribution in [3.05, 3.63) is 29.3 Å². The predicted molar refractivity (Wildman–Crippen MR) is 59.4 cm³/mol. The van der Waals surface area contributed by atoms with Crippen LogP contribution >= 0.6 is 12.4 Å². The van der Waals surface area contributed by atoms with Gasteiger partial charge in [-0.2, -0.15) is 0 Å². The van der Waals surface area contributed by atoms with Crippen molar-refractivity contribution in [2.24, 2.45) is 5.73 Å². The SMILES string of the molecule is Cc1cc(O)cc(C[C@H](N)C(=O)O)c1.Cl. The molecule has 0 spiro atoms. The third-order valence-electron chi connectivity index (χ3n) is 1.89. The third-order valence-corrected chi connectivity index (χ3v) is 1.89. The van der Waals surface area contributed by atoms with E-state index in [1.807, 2.05) is 13.0 Å². The molecule has 0 aliphatic rings. The molecule has 1 aromatic carbocycles. The molecule has 4 nitrogen and oxygen atoms in total. The minimum atomic E-state index is -1.04. The maximum absolute atomic E-state index is 10.5. The van der Waals surface area contributed by atoms with Gasteiger partial charge in [-0.1, -0.05) is 6.07 Å². The lowest BCUT2D eigenvalue weighted by Crippen LogP contribution is -2.32. The van der Waals surface area contributed by atoms with Crippen molar-refractivity contribution in [1.29, 1.82) is 0 Å². The van der Waals surface area contributed by atoms with Crippen LogP contribution < -0.4 is 5.73 Å². The molecule has 15 heavy (non-hydrogen) atoms. The number of phenolic OH excluding ortho intramolecular Hbond substituents is 1. The zero-order valence-electron chi connectivity index (χ0n) is 8.30. The van der Waals surface area contributed by atoms with Crippen LogP contribution in [0.2, 0.25) is 0 Å². The molecule has 1 aromatic rings. The number of hydrogen-bond donors (Lipinski definition) is 3. The van der Waals surface area contributed by atoms with Crippen LogP contribution in [0, 0.1) is 6.92 Å². The van der Waals surface area contributed by atoms with Gasteiger partial charge in [0.15, 0.2) is 0 Å². The van der Waals surface area contributed by atoms with Crippen LogP contribution in [0.3, 0.4) is 0 Å². The summed E-state index contributed by atoms with van der Waals surface area (Å²) in [6, 6.07) is 4.02. The molecule has 0 saturated carbocycles. The molecule has 84 valence electrons. The topological polar surface area (TPSA) is 83.5 Å². The van der Waals surface area contributed by atoms with E-state index in [0.717, 1.165) is 11.1 Å². The Morgan fingerprint density at radius 3 is 2.53 bits per heavy atom. The van der Waals surface area contributed by atoms with Crippen LogP contribution in [0.4, 0.5) is 0 Å². The zero-order valence-corrected chi connectivity index (χ0v) is 9.12. The van der Waals surface area contributed by atoms with Gasteiger partial charge in [-0.25, -0.2) is 0 Å². The highest BCUT2D eigenvalue weighted by Crippen LogP contribution is 2.15. The second kappa shape index (κ2) is 5.58. The molecule has 0 saturated heterocycles. The van der Waals surface area contributed by atoms with Crippen molar-refractivity contribution in [2.45, 2.75) is 19.4 Å². The van der Waals surface area contributed by atoms with E-state index in [0.29, 0.717) is 0 Å². The van der Waals surface area contributed by atoms with Crippen LogP contribution in [0.25, 0.3) is 0 Å². The van der Waals surface area contributed by atoms with Gasteiger partial charge in [0.2, 0.25) is 0 Å². The number of carboxylic acid groups (broad SMARTS) is 1. The molecular weight excluding hydrogens is 218 g/mol. The fraction of sp³-hybridized carbons (Fsp3) is 0.300. The third kappa shape index (κ3) is 4.18. The van der Waals surface area contributed by atoms with Crippen molar-refractivity contribution in [1.82, 2.24) is 0 Å². The summed E-state index contributed by atoms with van der Waals surface area (Å²) in [6.45, 7) is 1.83. The van der Waals surface area contributed by atoms with E-state index in [1.54, 1.807) is 6.07 Å². The number of benzene rings is 1. The van der Waals surface area contributed by atoms with Gasteiger partial charge in [0.05, 0.1) is 0 Å². The number of aliphatic carboxylic acids is 1. The summed E-state index contributed by atoms with van der Waals surface area (Å²) < 4.78 is 0. The van der Waals surface area contributed by atoms with Crippen LogP contribution in [0.15, 0.2) is 18.2 Å². The summed E-state index contributed by atoms with van der Waals surface area (Å²) >= 11 is 0. The molecule has 0 unspecified atom stereocenters. The van der Waals surface area contributed by atoms with E-state index < -0.39 is 12.0 Å². The van der Waals surface area contributed by atoms with E-state index in [9.17, 15) is 9.90 Å². The van der Waals surface area contributed by atoms with Gasteiger partial charge < -0.3 is 15.9 Å². The number of aryl methyl sites for hydroxylation is 1. The summed E-state index contributed by atoms with van der Waals surface area (Å²) in [5.74, 6) is -0.899. The standard InChI is InChI=1S/C10H13NO3.ClH/c1-6-2-7(4-8(12)3-6)5-9(11)10(13)14;/h2-4,9,12H,5,11H2,1H3,(H,13,14);1H/t9-;/m0./s1. The molecule has 0 amide bonds. The number of rotatable bonds is 3. The first kappa shape index (κ1) is 13.7. The second-order valence-electron chi connectivity index (χ2n) is 3.33. The first-order valence-corrected chi connectivity index (χ1v) is 4.27. The summed E-state index contributed by atoms with van der Waals surface area (Å²) in [6.07, 6.45) is 0.227. The Morgan fingerprint density at radius 1 is 1.47 bits per heavy atom. The van der Waals surface area contributed by atoms with Gasteiger partial charge in [-0.15, -0.1) is 12.4 Å². The van der Waals surface area contributed by atoms with Gasteiger partial charge >= 0.3 is 5.97 Å². The van der Waals surface area contributed by atoms with Crippen molar-refractivity contribution >= 4 is 18.4 Å². The summed E-state index contributed by atoms with van der Waals surface area (Å²) in [5, 5.41) is 17.9. The van der Waals surface area contributed by atoms with Crippen LogP contribution in [0.5, 0.6) is 5.75 Å². The minimum absolute atomic E-state index is 0. The van der Waals surface area contributed by atoms with E-state index in [1.165, 1.54) is 6.07 Å². The van der Waals surface area contributed by atoms with Crippen molar-refractivity contribution in [3.63, 3.8) is 0 Å². The number of carbonyl (C=O) groups is 1. The normalized spacial score (nSPS) is 11.6. The van der Waals surface area contributed by atoms with E-state index in [4.69, 9.17) is 10.8 Å². The lowest BCUT2D eigenvalue weighted by atomic mass is 10.0. The summed E-state index contributed by atoms with van der Waals surface area (Å²) in [4.78, 5) is 10.5. The smallest absolute Gasteiger partial charge is 0.320 e. The Kier molecular flexibility index (Phi) is 5.11. The van der Waals surface area contributed by atoms with Gasteiger partial charge in [0.25, 0.3) is 0 Å². The zero-order chi connectivity index (χ0) is 10.7. The van der Waals surface area contributed by atoms with Gasteiger partial charge in [0, 0.05) is 0 Å². The summed E-state index contributed by atoms with van der Waals surface area (Å²) in [7, 11) is 0. The molecule has 1 atom stereocenters. The molecule has 0 bridgehead atoms. The van der Waals surface area contributed by atoms with Crippen molar-refractivity contribution < 1.29 is 15.0 Å². The molecule has 0 fully saturated rings. The predicted octanol–water partition coefficient (Wildman–Crippen LogP) is 1.08. The fourth-order valence-electron chi connectivity index (χ4n) is 1.30. The number of hydrogen-bond acceptors (Lipinski definition) is 3. The molecular formula is C10H14ClNO3. The fourth-order valence-corrected chi connectivity index (χ4v) is 1.30. The first-order valence-electron chi connectivity index (χ1n) is 4.27. The van der Waals surface area contributed by atoms with E-state index in [2.05, 4.69) is 0 Å². The second-order valence-corrected chi connectivity index (χ2v) is 3.33. The van der Waals surface area contributed by atoms with Crippen LogP contribution in [-0.2, 0) is 11.2 Å². The molecule has 0 aromatic heterocycles. The Labute approximate surface area is 94.1 Å². The largest absolute Gasteiger partial charge is 0.508 e. The van der Waals surface area contributed by atoms with Gasteiger partial charge in [-0.05, 0) is 36.6 Å². The molecule has 0 heterocycles. The molecule has 0 aliphatic carbocycles. The summed E-state index contributed by atoms with van der Waals surface area (Å²) in [5.41, 5.74) is 6.99. The van der Waals surface area contributed by atoms with Crippen molar-refractivity contribution in [3.8, 4) is 5.75 Å². The Bertz CT molecular complexity index is 334. The monoisotopic (exact) mass is 231 g/mol. The Morgan fingerprint density at radius 2 is 2.07 bits per heavy atom. The number of nitrogens with two attached hydrogens (primary N) is 1. The maximum atomic E-state index is 10.5. The Hall–Kier alpha value is -1.26. The van der Waals surface area contributed by atoms with E-state index in [-0.39, 0.29) is 24.6 Å². The van der Waals surface area contributed by atoms with Gasteiger partial charge in [0.1, 0.15) is 11.8 Å². The highest BCUT2D eigenvalue weighted by atomic mass is 35.5. The number of carboxylic acids is 1. The molecule has 0 radical (unpaired) electrons. The lowest BCUT2D eigenvalue weighted by molar-refractivity contribution is -0.138. The first-order chi connectivity index (χ1) is 6.49. The number of halogens is 1. The van der Waals surface area contributed by atoms with Gasteiger partial charge in [-0.3, -0.25) is 4.79 Å². The molecule has 0 aliphatic heterocycles. The Balaban J connectivity index is 0.00000196. The van der Waals surface area contributed by atoms with Crippen LogP contribution in [0.1, 0.15) is 11.1 Å². The van der Waals surface area contributed by atoms with Crippen molar-refractivity contribution in [2.75, 3.05) is 0 Å². The quantitative estimate of drug-likeness (QED) is 0.727. The number of aromatic hydroxyl groups is 1. The number of phenols is 1. The minimum Gasteiger partial charge on any atom is -0.508 e. The average molecular weight is 232 g/mol. The maximum Gasteiger partial charge on any atom is 0.320 e. The molecule has 4 N–H and O–H groups in total. The highest BCUT2D eigenvalue weighted by Gasteiger charge is 2.12.